The predicted octanol–water partition coefficient (Wildman–Crippen LogP) is 2.18. The molecule has 0 unspecified atom stereocenters. The van der Waals surface area contributed by atoms with Crippen molar-refractivity contribution in [3.63, 3.8) is 0 Å². The molecule has 1 aliphatic rings. The molecule has 0 amide bonds. The first-order chi connectivity index (χ1) is 11.3. The van der Waals surface area contributed by atoms with Crippen molar-refractivity contribution in [3.8, 4) is 5.75 Å². The number of ketones is 2. The minimum Gasteiger partial charge on any atom is -0.429 e. The highest BCUT2D eigenvalue weighted by Gasteiger charge is 2.36. The molecule has 0 heterocycles. The Morgan fingerprint density at radius 1 is 1.08 bits per heavy atom. The summed E-state index contributed by atoms with van der Waals surface area (Å²) >= 11 is 0. The van der Waals surface area contributed by atoms with E-state index in [9.17, 15) is 19.2 Å². The molecule has 7 heteroatoms. The molecule has 0 aliphatic heterocycles. The van der Waals surface area contributed by atoms with Crippen LogP contribution in [0.3, 0.4) is 0 Å². The van der Waals surface area contributed by atoms with Crippen molar-refractivity contribution in [1.82, 2.24) is 0 Å². The van der Waals surface area contributed by atoms with E-state index < -0.39 is 29.8 Å². The van der Waals surface area contributed by atoms with Crippen LogP contribution in [0.15, 0.2) is 12.1 Å². The smallest absolute Gasteiger partial charge is 0.429 e. The van der Waals surface area contributed by atoms with Crippen LogP contribution in [0, 0.1) is 13.8 Å². The molecule has 0 N–H and O–H groups in total. The Morgan fingerprint density at radius 2 is 1.62 bits per heavy atom. The second-order valence-electron chi connectivity index (χ2n) is 5.62. The van der Waals surface area contributed by atoms with Crippen LogP contribution in [-0.4, -0.2) is 29.8 Å². The summed E-state index contributed by atoms with van der Waals surface area (Å²) in [6, 6.07) is 3.43. The first-order valence-electron chi connectivity index (χ1n) is 7.45. The van der Waals surface area contributed by atoms with Crippen molar-refractivity contribution < 1.29 is 33.4 Å². The zero-order chi connectivity index (χ0) is 17.9. The van der Waals surface area contributed by atoms with Gasteiger partial charge in [-0.05, 0) is 42.7 Å². The number of ether oxygens (including phenoxy) is 3. The van der Waals surface area contributed by atoms with Crippen LogP contribution in [0.4, 0.5) is 4.79 Å². The number of benzene rings is 1. The molecule has 1 aliphatic carbocycles. The van der Waals surface area contributed by atoms with Crippen molar-refractivity contribution in [3.05, 3.63) is 28.8 Å². The normalized spacial score (nSPS) is 14.6. The zero-order valence-corrected chi connectivity index (χ0v) is 13.7. The van der Waals surface area contributed by atoms with Crippen molar-refractivity contribution >= 4 is 23.7 Å². The molecule has 1 fully saturated rings. The van der Waals surface area contributed by atoms with Gasteiger partial charge < -0.3 is 14.2 Å². The van der Waals surface area contributed by atoms with E-state index in [2.05, 4.69) is 0 Å². The van der Waals surface area contributed by atoms with E-state index >= 15 is 0 Å². The molecule has 1 aromatic carbocycles. The fourth-order valence-corrected chi connectivity index (χ4v) is 2.52. The number of rotatable bonds is 4. The lowest BCUT2D eigenvalue weighted by molar-refractivity contribution is -0.135. The average Bonchev–Trinajstić information content (AvgIpc) is 2.80. The second kappa shape index (κ2) is 7.25. The van der Waals surface area contributed by atoms with E-state index in [4.69, 9.17) is 14.2 Å². The van der Waals surface area contributed by atoms with E-state index in [1.54, 1.807) is 26.0 Å². The molecule has 24 heavy (non-hydrogen) atoms. The van der Waals surface area contributed by atoms with Gasteiger partial charge in [-0.3, -0.25) is 14.4 Å². The number of aryl methyl sites for hydroxylation is 2. The van der Waals surface area contributed by atoms with E-state index in [0.717, 1.165) is 11.1 Å². The van der Waals surface area contributed by atoms with Gasteiger partial charge in [0.1, 0.15) is 12.4 Å². The first-order valence-corrected chi connectivity index (χ1v) is 7.45. The third-order valence-electron chi connectivity index (χ3n) is 3.54. The number of carbonyl (C=O) groups excluding carboxylic acids is 4. The molecule has 1 aromatic rings. The van der Waals surface area contributed by atoms with E-state index in [1.807, 2.05) is 0 Å². The van der Waals surface area contributed by atoms with Gasteiger partial charge in [0.05, 0.1) is 0 Å². The Hall–Kier alpha value is -2.70. The van der Waals surface area contributed by atoms with Crippen LogP contribution < -0.4 is 4.74 Å². The molecule has 0 atom stereocenters. The molecule has 0 aromatic heterocycles. The van der Waals surface area contributed by atoms with Crippen molar-refractivity contribution in [2.24, 2.45) is 0 Å². The summed E-state index contributed by atoms with van der Waals surface area (Å²) in [4.78, 5) is 45.5. The van der Waals surface area contributed by atoms with Crippen molar-refractivity contribution in [1.29, 1.82) is 0 Å². The van der Waals surface area contributed by atoms with Gasteiger partial charge in [0.25, 0.3) is 0 Å². The maximum Gasteiger partial charge on any atom is 0.509 e. The Labute approximate surface area is 138 Å². The Bertz CT molecular complexity index is 666. The number of hydrogen-bond donors (Lipinski definition) is 0. The highest BCUT2D eigenvalue weighted by molar-refractivity contribution is 6.12. The summed E-state index contributed by atoms with van der Waals surface area (Å²) < 4.78 is 14.8. The van der Waals surface area contributed by atoms with Crippen molar-refractivity contribution in [2.45, 2.75) is 46.3 Å². The van der Waals surface area contributed by atoms with E-state index in [-0.39, 0.29) is 19.4 Å². The monoisotopic (exact) mass is 334 g/mol. The van der Waals surface area contributed by atoms with Crippen molar-refractivity contribution in [2.75, 3.05) is 0 Å². The molecular weight excluding hydrogens is 316 g/mol. The fourth-order valence-electron chi connectivity index (χ4n) is 2.52. The minimum atomic E-state index is -1.34. The number of esters is 1. The van der Waals surface area contributed by atoms with Gasteiger partial charge in [-0.25, -0.2) is 4.79 Å². The van der Waals surface area contributed by atoms with Gasteiger partial charge in [-0.1, -0.05) is 0 Å². The quantitative estimate of drug-likeness (QED) is 0.473. The highest BCUT2D eigenvalue weighted by atomic mass is 16.7. The number of carbonyl (C=O) groups is 4. The molecule has 128 valence electrons. The summed E-state index contributed by atoms with van der Waals surface area (Å²) in [7, 11) is 0. The SMILES string of the molecule is CC(=O)Oc1c(C)cc(COC(=O)OC2C(=O)CCC2=O)cc1C. The third kappa shape index (κ3) is 4.18. The second-order valence-corrected chi connectivity index (χ2v) is 5.62. The Balaban J connectivity index is 1.96. The Morgan fingerprint density at radius 3 is 2.12 bits per heavy atom. The summed E-state index contributed by atoms with van der Waals surface area (Å²) in [5, 5.41) is 0. The van der Waals surface area contributed by atoms with Gasteiger partial charge in [0, 0.05) is 19.8 Å². The molecule has 0 saturated heterocycles. The summed E-state index contributed by atoms with van der Waals surface area (Å²) in [5.41, 5.74) is 2.11. The van der Waals surface area contributed by atoms with Crippen LogP contribution in [0.2, 0.25) is 0 Å². The molecule has 0 spiro atoms. The molecule has 1 saturated carbocycles. The average molecular weight is 334 g/mol. The number of Topliss-reactive ketones (excluding diaryl/α,β-unsaturated/α-hetero) is 2. The molecule has 7 nitrogen and oxygen atoms in total. The van der Waals surface area contributed by atoms with Crippen LogP contribution in [-0.2, 0) is 30.5 Å². The lowest BCUT2D eigenvalue weighted by Gasteiger charge is -2.13. The zero-order valence-electron chi connectivity index (χ0n) is 13.7. The summed E-state index contributed by atoms with van der Waals surface area (Å²) in [5.74, 6) is -0.764. The van der Waals surface area contributed by atoms with Gasteiger partial charge in [0.15, 0.2) is 11.6 Å². The van der Waals surface area contributed by atoms with Gasteiger partial charge in [-0.15, -0.1) is 0 Å². The van der Waals surface area contributed by atoms with Crippen LogP contribution >= 0.6 is 0 Å². The third-order valence-corrected chi connectivity index (χ3v) is 3.54. The van der Waals surface area contributed by atoms with Gasteiger partial charge in [-0.2, -0.15) is 0 Å². The fraction of sp³-hybridized carbons (Fsp3) is 0.412. The lowest BCUT2D eigenvalue weighted by atomic mass is 10.1. The first kappa shape index (κ1) is 17.7. The summed E-state index contributed by atoms with van der Waals surface area (Å²) in [6.45, 7) is 4.76. The van der Waals surface area contributed by atoms with Crippen LogP contribution in [0.1, 0.15) is 36.5 Å². The molecule has 2 rings (SSSR count). The van der Waals surface area contributed by atoms with Gasteiger partial charge >= 0.3 is 12.1 Å². The van der Waals surface area contributed by atoms with E-state index in [1.165, 1.54) is 6.92 Å². The predicted molar refractivity (Wildman–Crippen MR) is 81.5 cm³/mol. The largest absolute Gasteiger partial charge is 0.509 e. The van der Waals surface area contributed by atoms with E-state index in [0.29, 0.717) is 11.3 Å². The lowest BCUT2D eigenvalue weighted by Crippen LogP contribution is -2.28. The molecule has 0 bridgehead atoms. The maximum atomic E-state index is 11.6. The maximum absolute atomic E-state index is 11.6. The standard InChI is InChI=1S/C17H18O7/c1-9-6-12(7-10(2)15(9)23-11(3)18)8-22-17(21)24-16-13(19)4-5-14(16)20/h6-7,16H,4-5,8H2,1-3H3. The Kier molecular flexibility index (Phi) is 5.33. The highest BCUT2D eigenvalue weighted by Crippen LogP contribution is 2.25. The minimum absolute atomic E-state index is 0.0873. The number of hydrogen-bond acceptors (Lipinski definition) is 7. The summed E-state index contributed by atoms with van der Waals surface area (Å²) in [6.07, 6.45) is -2.23. The topological polar surface area (TPSA) is 96.0 Å². The van der Waals surface area contributed by atoms with Crippen LogP contribution in [0.5, 0.6) is 5.75 Å². The molecular formula is C17H18O7. The van der Waals surface area contributed by atoms with Crippen LogP contribution in [0.25, 0.3) is 0 Å². The van der Waals surface area contributed by atoms with Gasteiger partial charge in [0.2, 0.25) is 6.10 Å². The molecule has 0 radical (unpaired) electrons.